The van der Waals surface area contributed by atoms with E-state index in [4.69, 9.17) is 9.15 Å². The second-order valence-electron chi connectivity index (χ2n) is 7.48. The van der Waals surface area contributed by atoms with Crippen LogP contribution < -0.4 is 4.74 Å². The largest absolute Gasteiger partial charge is 0.503 e. The Balaban J connectivity index is 2.11. The van der Waals surface area contributed by atoms with Gasteiger partial charge in [0.2, 0.25) is 5.78 Å². The molecule has 3 rings (SSSR count). The highest BCUT2D eigenvalue weighted by molar-refractivity contribution is 6.15. The third-order valence-electron chi connectivity index (χ3n) is 4.66. The Kier molecular flexibility index (Phi) is 6.08. The first-order valence-corrected chi connectivity index (χ1v) is 9.53. The number of benzene rings is 1. The maximum absolute atomic E-state index is 13.1. The zero-order chi connectivity index (χ0) is 21.1. The molecule has 1 atom stereocenters. The molecule has 154 valence electrons. The van der Waals surface area contributed by atoms with Crippen molar-refractivity contribution in [2.75, 3.05) is 27.2 Å². The van der Waals surface area contributed by atoms with Crippen molar-refractivity contribution in [1.29, 1.82) is 0 Å². The Morgan fingerprint density at radius 2 is 1.97 bits per heavy atom. The van der Waals surface area contributed by atoms with Gasteiger partial charge in [0.15, 0.2) is 11.5 Å². The Labute approximate surface area is 170 Å². The second-order valence-corrected chi connectivity index (χ2v) is 7.48. The minimum atomic E-state index is -0.769. The van der Waals surface area contributed by atoms with E-state index in [0.29, 0.717) is 24.4 Å². The first-order valence-electron chi connectivity index (χ1n) is 9.53. The maximum Gasteiger partial charge on any atom is 0.290 e. The highest BCUT2D eigenvalue weighted by Gasteiger charge is 2.45. The van der Waals surface area contributed by atoms with Crippen molar-refractivity contribution < 1.29 is 23.8 Å². The van der Waals surface area contributed by atoms with Crippen LogP contribution in [0.5, 0.6) is 5.75 Å². The fourth-order valence-corrected chi connectivity index (χ4v) is 3.36. The van der Waals surface area contributed by atoms with E-state index in [0.717, 1.165) is 0 Å². The molecule has 0 fully saturated rings. The lowest BCUT2D eigenvalue weighted by molar-refractivity contribution is -0.129. The molecule has 2 aromatic rings. The zero-order valence-corrected chi connectivity index (χ0v) is 17.1. The van der Waals surface area contributed by atoms with Crippen molar-refractivity contribution >= 4 is 11.7 Å². The number of likely N-dealkylation sites (N-methyl/N-ethyl adjacent to an activating group) is 1. The molecule has 0 radical (unpaired) electrons. The van der Waals surface area contributed by atoms with Crippen LogP contribution >= 0.6 is 0 Å². The van der Waals surface area contributed by atoms with Gasteiger partial charge in [0.25, 0.3) is 5.91 Å². The van der Waals surface area contributed by atoms with Gasteiger partial charge in [-0.1, -0.05) is 18.2 Å². The molecule has 1 aromatic heterocycles. The van der Waals surface area contributed by atoms with Crippen LogP contribution in [-0.4, -0.2) is 59.9 Å². The van der Waals surface area contributed by atoms with E-state index in [1.165, 1.54) is 17.2 Å². The molecule has 0 saturated heterocycles. The van der Waals surface area contributed by atoms with Crippen LogP contribution in [0.3, 0.4) is 0 Å². The van der Waals surface area contributed by atoms with E-state index in [2.05, 4.69) is 0 Å². The smallest absolute Gasteiger partial charge is 0.290 e. The van der Waals surface area contributed by atoms with Gasteiger partial charge in [-0.05, 0) is 46.1 Å². The predicted octanol–water partition coefficient (Wildman–Crippen LogP) is 3.21. The fraction of sp³-hybridized carbons (Fsp3) is 0.364. The molecule has 0 aliphatic carbocycles. The molecule has 2 heterocycles. The number of furan rings is 1. The summed E-state index contributed by atoms with van der Waals surface area (Å²) in [5.41, 5.74) is 0.649. The zero-order valence-electron chi connectivity index (χ0n) is 17.1. The highest BCUT2D eigenvalue weighted by atomic mass is 16.5. The Morgan fingerprint density at radius 1 is 1.24 bits per heavy atom. The van der Waals surface area contributed by atoms with Gasteiger partial charge in [0.1, 0.15) is 5.75 Å². The van der Waals surface area contributed by atoms with Crippen LogP contribution in [0.4, 0.5) is 0 Å². The molecule has 1 aliphatic rings. The van der Waals surface area contributed by atoms with Crippen molar-refractivity contribution in [2.45, 2.75) is 26.0 Å². The van der Waals surface area contributed by atoms with Crippen LogP contribution in [0.2, 0.25) is 0 Å². The van der Waals surface area contributed by atoms with Gasteiger partial charge in [-0.2, -0.15) is 0 Å². The molecule has 0 bridgehead atoms. The maximum atomic E-state index is 13.1. The molecule has 0 saturated carbocycles. The summed E-state index contributed by atoms with van der Waals surface area (Å²) in [7, 11) is 3.79. The third kappa shape index (κ3) is 4.19. The Hall–Kier alpha value is -3.06. The summed E-state index contributed by atoms with van der Waals surface area (Å²) in [6, 6.07) is 9.61. The minimum absolute atomic E-state index is 0.00325. The molecule has 1 N–H and O–H groups in total. The average Bonchev–Trinajstić information content (AvgIpc) is 3.28. The number of carbonyl (C=O) groups excluding carboxylic acids is 2. The number of carbonyl (C=O) groups is 2. The number of rotatable bonds is 8. The number of aliphatic hydroxyl groups is 1. The van der Waals surface area contributed by atoms with Gasteiger partial charge in [0, 0.05) is 18.7 Å². The number of amides is 1. The molecule has 1 aromatic carbocycles. The van der Waals surface area contributed by atoms with Gasteiger partial charge in [-0.15, -0.1) is 0 Å². The summed E-state index contributed by atoms with van der Waals surface area (Å²) in [6.07, 6.45) is 1.29. The molecule has 0 spiro atoms. The third-order valence-corrected chi connectivity index (χ3v) is 4.66. The molecular weight excluding hydrogens is 372 g/mol. The molecule has 1 amide bonds. The van der Waals surface area contributed by atoms with E-state index in [-0.39, 0.29) is 17.4 Å². The number of para-hydroxylation sites is 1. The van der Waals surface area contributed by atoms with Crippen molar-refractivity contribution in [3.8, 4) is 5.75 Å². The lowest BCUT2D eigenvalue weighted by Crippen LogP contribution is -2.36. The number of aliphatic hydroxyl groups excluding tert-OH is 1. The lowest BCUT2D eigenvalue weighted by Gasteiger charge is -2.29. The van der Waals surface area contributed by atoms with E-state index in [1.807, 2.05) is 51.0 Å². The van der Waals surface area contributed by atoms with Crippen molar-refractivity contribution in [3.63, 3.8) is 0 Å². The lowest BCUT2D eigenvalue weighted by atomic mass is 9.94. The van der Waals surface area contributed by atoms with Gasteiger partial charge in [-0.25, -0.2) is 0 Å². The summed E-state index contributed by atoms with van der Waals surface area (Å²) in [5.74, 6) is -1.01. The monoisotopic (exact) mass is 398 g/mol. The van der Waals surface area contributed by atoms with E-state index in [9.17, 15) is 14.7 Å². The number of hydrogen-bond donors (Lipinski definition) is 1. The molecule has 7 nitrogen and oxygen atoms in total. The Bertz CT molecular complexity index is 915. The van der Waals surface area contributed by atoms with Crippen molar-refractivity contribution in [2.24, 2.45) is 0 Å². The number of hydrogen-bond acceptors (Lipinski definition) is 6. The van der Waals surface area contributed by atoms with Crippen LogP contribution in [0.25, 0.3) is 0 Å². The predicted molar refractivity (Wildman–Crippen MR) is 108 cm³/mol. The topological polar surface area (TPSA) is 83.2 Å². The van der Waals surface area contributed by atoms with Crippen LogP contribution in [0, 0.1) is 0 Å². The first-order chi connectivity index (χ1) is 13.8. The van der Waals surface area contributed by atoms with Gasteiger partial charge < -0.3 is 24.1 Å². The molecule has 1 unspecified atom stereocenters. The fourth-order valence-electron chi connectivity index (χ4n) is 3.36. The summed E-state index contributed by atoms with van der Waals surface area (Å²) in [5, 5.41) is 10.6. The van der Waals surface area contributed by atoms with Gasteiger partial charge in [0.05, 0.1) is 24.0 Å². The standard InChI is InChI=1S/C22H26N2O5/c1-14(2)29-16-9-6-5-8-15(16)19-18(20(25)17-10-7-13-28-17)21(26)22(27)24(19)12-11-23(3)4/h5-10,13-14,19,26H,11-12H2,1-4H3. The SMILES string of the molecule is CC(C)Oc1ccccc1C1C(C(=O)c2ccco2)=C(O)C(=O)N1CCN(C)C. The van der Waals surface area contributed by atoms with Crippen LogP contribution in [0.1, 0.15) is 36.0 Å². The number of nitrogens with zero attached hydrogens (tertiary/aromatic N) is 2. The normalized spacial score (nSPS) is 17.0. The quantitative estimate of drug-likeness (QED) is 0.688. The summed E-state index contributed by atoms with van der Waals surface area (Å²) >= 11 is 0. The van der Waals surface area contributed by atoms with Crippen LogP contribution in [-0.2, 0) is 4.79 Å². The molecule has 29 heavy (non-hydrogen) atoms. The van der Waals surface area contributed by atoms with Crippen molar-refractivity contribution in [1.82, 2.24) is 9.80 Å². The molecule has 1 aliphatic heterocycles. The molecule has 7 heteroatoms. The van der Waals surface area contributed by atoms with E-state index < -0.39 is 23.5 Å². The number of Topliss-reactive ketones (excluding diaryl/α,β-unsaturated/α-hetero) is 1. The second kappa shape index (κ2) is 8.53. The Morgan fingerprint density at radius 3 is 2.59 bits per heavy atom. The van der Waals surface area contributed by atoms with Gasteiger partial charge in [-0.3, -0.25) is 9.59 Å². The summed E-state index contributed by atoms with van der Waals surface area (Å²) in [6.45, 7) is 4.72. The molecular formula is C22H26N2O5. The van der Waals surface area contributed by atoms with Gasteiger partial charge >= 0.3 is 0 Å². The number of ether oxygens (including phenoxy) is 1. The summed E-state index contributed by atoms with van der Waals surface area (Å²) in [4.78, 5) is 29.5. The first kappa shape index (κ1) is 20.7. The van der Waals surface area contributed by atoms with E-state index >= 15 is 0 Å². The highest BCUT2D eigenvalue weighted by Crippen LogP contribution is 2.42. The van der Waals surface area contributed by atoms with E-state index in [1.54, 1.807) is 12.1 Å². The average molecular weight is 398 g/mol. The summed E-state index contributed by atoms with van der Waals surface area (Å²) < 4.78 is 11.2. The van der Waals surface area contributed by atoms with Crippen LogP contribution in [0.15, 0.2) is 58.4 Å². The van der Waals surface area contributed by atoms with Crippen molar-refractivity contribution in [3.05, 3.63) is 65.3 Å². The number of ketones is 1. The minimum Gasteiger partial charge on any atom is -0.503 e.